The van der Waals surface area contributed by atoms with Crippen molar-refractivity contribution in [3.8, 4) is 6.07 Å². The van der Waals surface area contributed by atoms with Gasteiger partial charge in [-0.15, -0.1) is 10.2 Å². The topological polar surface area (TPSA) is 120 Å². The van der Waals surface area contributed by atoms with E-state index < -0.39 is 0 Å². The van der Waals surface area contributed by atoms with Crippen LogP contribution in [-0.4, -0.2) is 75.6 Å². The summed E-state index contributed by atoms with van der Waals surface area (Å²) in [4.78, 5) is 23.2. The number of piperazine rings is 1. The number of oxazole rings is 1. The van der Waals surface area contributed by atoms with Crippen LogP contribution in [0.15, 0.2) is 32.4 Å². The van der Waals surface area contributed by atoms with Gasteiger partial charge in [-0.1, -0.05) is 11.8 Å². The van der Waals surface area contributed by atoms with E-state index in [1.165, 1.54) is 18.2 Å². The Morgan fingerprint density at radius 1 is 1.11 bits per heavy atom. The van der Waals surface area contributed by atoms with Crippen LogP contribution in [0.25, 0.3) is 0 Å². The van der Waals surface area contributed by atoms with Gasteiger partial charge < -0.3 is 23.5 Å². The van der Waals surface area contributed by atoms with Crippen molar-refractivity contribution >= 4 is 29.5 Å². The molecule has 0 aromatic carbocycles. The lowest BCUT2D eigenvalue weighted by Crippen LogP contribution is -2.49. The van der Waals surface area contributed by atoms with Crippen molar-refractivity contribution in [1.29, 1.82) is 5.26 Å². The van der Waals surface area contributed by atoms with Gasteiger partial charge >= 0.3 is 0 Å². The van der Waals surface area contributed by atoms with Crippen LogP contribution >= 0.6 is 11.8 Å². The molecule has 5 rings (SSSR count). The molecule has 184 valence electrons. The highest BCUT2D eigenvalue weighted by Crippen LogP contribution is 2.27. The highest BCUT2D eigenvalue weighted by molar-refractivity contribution is 7.99. The van der Waals surface area contributed by atoms with E-state index >= 15 is 0 Å². The van der Waals surface area contributed by atoms with Gasteiger partial charge in [0, 0.05) is 46.2 Å². The number of nitrogens with zero attached hydrogens (tertiary/aromatic N) is 8. The van der Waals surface area contributed by atoms with Crippen molar-refractivity contribution in [3.63, 3.8) is 0 Å². The van der Waals surface area contributed by atoms with Gasteiger partial charge in [-0.3, -0.25) is 9.36 Å². The van der Waals surface area contributed by atoms with Gasteiger partial charge in [-0.2, -0.15) is 5.26 Å². The number of hydrogen-bond acceptors (Lipinski definition) is 10. The number of nitriles is 1. The monoisotopic (exact) mass is 496 g/mol. The number of hydrogen-bond donors (Lipinski definition) is 0. The summed E-state index contributed by atoms with van der Waals surface area (Å²) < 4.78 is 13.2. The predicted molar refractivity (Wildman–Crippen MR) is 129 cm³/mol. The van der Waals surface area contributed by atoms with Crippen LogP contribution in [0.5, 0.6) is 0 Å². The third-order valence-electron chi connectivity index (χ3n) is 6.30. The minimum absolute atomic E-state index is 0.0518. The molecule has 2 fully saturated rings. The minimum atomic E-state index is 0.0518. The Kier molecular flexibility index (Phi) is 6.94. The van der Waals surface area contributed by atoms with Crippen LogP contribution in [0, 0.1) is 18.3 Å². The number of anilines is 2. The Balaban J connectivity index is 1.22. The maximum atomic E-state index is 13.0. The predicted octanol–water partition coefficient (Wildman–Crippen LogP) is 2.52. The van der Waals surface area contributed by atoms with Crippen molar-refractivity contribution in [2.75, 3.05) is 54.8 Å². The number of aryl methyl sites for hydroxylation is 1. The van der Waals surface area contributed by atoms with Crippen molar-refractivity contribution in [2.45, 2.75) is 37.9 Å². The number of amides is 1. The van der Waals surface area contributed by atoms with E-state index in [4.69, 9.17) is 8.83 Å². The van der Waals surface area contributed by atoms with Crippen LogP contribution in [0.2, 0.25) is 0 Å². The molecule has 0 spiro atoms. The molecular formula is C23H28N8O3S. The van der Waals surface area contributed by atoms with E-state index in [1.54, 1.807) is 13.2 Å². The Bertz CT molecular complexity index is 1180. The molecule has 12 heteroatoms. The zero-order chi connectivity index (χ0) is 24.2. The Labute approximate surface area is 207 Å². The van der Waals surface area contributed by atoms with Gasteiger partial charge in [0.1, 0.15) is 11.8 Å². The largest absolute Gasteiger partial charge is 0.467 e. The molecule has 5 heterocycles. The van der Waals surface area contributed by atoms with Crippen molar-refractivity contribution < 1.29 is 13.6 Å². The van der Waals surface area contributed by atoms with Gasteiger partial charge in [0.15, 0.2) is 11.0 Å². The first-order valence-electron chi connectivity index (χ1n) is 11.9. The first-order valence-corrected chi connectivity index (χ1v) is 12.8. The zero-order valence-corrected chi connectivity index (χ0v) is 20.5. The number of furan rings is 1. The molecule has 0 N–H and O–H groups in total. The van der Waals surface area contributed by atoms with Gasteiger partial charge in [-0.25, -0.2) is 4.98 Å². The van der Waals surface area contributed by atoms with Gasteiger partial charge in [0.05, 0.1) is 18.6 Å². The average molecular weight is 497 g/mol. The second kappa shape index (κ2) is 10.4. The lowest BCUT2D eigenvalue weighted by Gasteiger charge is -2.34. The molecule has 11 nitrogen and oxygen atoms in total. The normalized spacial score (nSPS) is 16.5. The number of thioether (sulfide) groups is 1. The summed E-state index contributed by atoms with van der Waals surface area (Å²) in [5, 5.41) is 18.9. The lowest BCUT2D eigenvalue weighted by atomic mass is 10.1. The highest BCUT2D eigenvalue weighted by atomic mass is 32.2. The standard InChI is InChI=1S/C23H28N8O3S/c1-17-25-19(14-24)21(34-17)29-11-9-28(10-12-29)20(32)16-35-23-27-26-22(30-7-3-2-4-8-30)31(23)15-18-6-5-13-33-18/h5-6,13H,2-4,7-12,15-16H2,1H3. The number of piperidine rings is 1. The van der Waals surface area contributed by atoms with E-state index in [2.05, 4.69) is 30.7 Å². The average Bonchev–Trinajstić information content (AvgIpc) is 3.64. The van der Waals surface area contributed by atoms with Crippen LogP contribution < -0.4 is 9.80 Å². The SMILES string of the molecule is Cc1nc(C#N)c(N2CCN(C(=O)CSc3nnc(N4CCCCC4)n3Cc3ccco3)CC2)o1. The number of aromatic nitrogens is 4. The van der Waals surface area contributed by atoms with Gasteiger partial charge in [0.25, 0.3) is 0 Å². The van der Waals surface area contributed by atoms with E-state index in [1.807, 2.05) is 21.9 Å². The van der Waals surface area contributed by atoms with Crippen LogP contribution in [0.4, 0.5) is 11.8 Å². The van der Waals surface area contributed by atoms with Gasteiger partial charge in [0.2, 0.25) is 23.4 Å². The second-order valence-corrected chi connectivity index (χ2v) is 9.59. The fourth-order valence-corrected chi connectivity index (χ4v) is 5.33. The molecule has 2 aliphatic rings. The maximum Gasteiger partial charge on any atom is 0.234 e. The Morgan fingerprint density at radius 2 is 1.91 bits per heavy atom. The molecule has 0 saturated carbocycles. The van der Waals surface area contributed by atoms with E-state index in [9.17, 15) is 10.1 Å². The molecule has 1 amide bonds. The molecule has 0 aliphatic carbocycles. The molecule has 3 aromatic rings. The first kappa shape index (κ1) is 23.3. The molecular weight excluding hydrogens is 468 g/mol. The van der Waals surface area contributed by atoms with E-state index in [0.717, 1.165) is 37.6 Å². The third-order valence-corrected chi connectivity index (χ3v) is 7.25. The number of carbonyl (C=O) groups excluding carboxylic acids is 1. The number of rotatable bonds is 7. The smallest absolute Gasteiger partial charge is 0.234 e. The molecule has 2 aliphatic heterocycles. The molecule has 35 heavy (non-hydrogen) atoms. The zero-order valence-electron chi connectivity index (χ0n) is 19.7. The summed E-state index contributed by atoms with van der Waals surface area (Å²) in [7, 11) is 0. The fourth-order valence-electron chi connectivity index (χ4n) is 4.49. The number of carbonyl (C=O) groups is 1. The summed E-state index contributed by atoms with van der Waals surface area (Å²) in [6.45, 7) is 6.47. The summed E-state index contributed by atoms with van der Waals surface area (Å²) in [5.74, 6) is 2.95. The van der Waals surface area contributed by atoms with Crippen molar-refractivity contribution in [1.82, 2.24) is 24.6 Å². The Hall–Kier alpha value is -3.46. The molecule has 0 bridgehead atoms. The quantitative estimate of drug-likeness (QED) is 0.451. The summed E-state index contributed by atoms with van der Waals surface area (Å²) in [6, 6.07) is 5.89. The first-order chi connectivity index (χ1) is 17.1. The fraction of sp³-hybridized carbons (Fsp3) is 0.522. The molecule has 2 saturated heterocycles. The van der Waals surface area contributed by atoms with E-state index in [-0.39, 0.29) is 11.7 Å². The highest BCUT2D eigenvalue weighted by Gasteiger charge is 2.27. The molecule has 3 aromatic heterocycles. The van der Waals surface area contributed by atoms with Crippen molar-refractivity contribution in [3.05, 3.63) is 35.7 Å². The van der Waals surface area contributed by atoms with Crippen LogP contribution in [0.1, 0.15) is 36.6 Å². The van der Waals surface area contributed by atoms with Crippen LogP contribution in [0.3, 0.4) is 0 Å². The second-order valence-electron chi connectivity index (χ2n) is 8.65. The van der Waals surface area contributed by atoms with Crippen molar-refractivity contribution in [2.24, 2.45) is 0 Å². The van der Waals surface area contributed by atoms with E-state index in [0.29, 0.717) is 55.3 Å². The van der Waals surface area contributed by atoms with Crippen LogP contribution in [-0.2, 0) is 11.3 Å². The molecule has 0 atom stereocenters. The summed E-state index contributed by atoms with van der Waals surface area (Å²) in [6.07, 6.45) is 5.18. The molecule has 0 radical (unpaired) electrons. The Morgan fingerprint density at radius 3 is 2.63 bits per heavy atom. The minimum Gasteiger partial charge on any atom is -0.467 e. The third kappa shape index (κ3) is 5.14. The maximum absolute atomic E-state index is 13.0. The summed E-state index contributed by atoms with van der Waals surface area (Å²) >= 11 is 1.41. The van der Waals surface area contributed by atoms with Gasteiger partial charge in [-0.05, 0) is 31.4 Å². The molecule has 0 unspecified atom stereocenters. The lowest BCUT2D eigenvalue weighted by molar-refractivity contribution is -0.128. The summed E-state index contributed by atoms with van der Waals surface area (Å²) in [5.41, 5.74) is 0.290.